The molecule has 18 heavy (non-hydrogen) atoms. The minimum atomic E-state index is -0.213. The summed E-state index contributed by atoms with van der Waals surface area (Å²) in [6.45, 7) is 4.38. The standard InChI is InChI=1S/C15H25NO2/c1-2-18-15(17)10-6-12-16-11-5-8-13-7-3-4-9-14(13)16/h6,10,13-14H,2-5,7-9,11-12H2,1H3/b10-6+/t13-,14-/m1/s1. The van der Waals surface area contributed by atoms with Crippen LogP contribution < -0.4 is 0 Å². The lowest BCUT2D eigenvalue weighted by atomic mass is 9.78. The zero-order valence-corrected chi connectivity index (χ0v) is 11.4. The highest BCUT2D eigenvalue weighted by atomic mass is 16.5. The third-order valence-electron chi connectivity index (χ3n) is 4.24. The van der Waals surface area contributed by atoms with Crippen molar-refractivity contribution in [1.82, 2.24) is 4.90 Å². The number of carbonyl (C=O) groups excluding carboxylic acids is 1. The van der Waals surface area contributed by atoms with Crippen molar-refractivity contribution in [3.63, 3.8) is 0 Å². The van der Waals surface area contributed by atoms with Crippen LogP contribution in [-0.4, -0.2) is 36.6 Å². The first-order valence-electron chi connectivity index (χ1n) is 7.38. The van der Waals surface area contributed by atoms with E-state index in [1.54, 1.807) is 6.08 Å². The smallest absolute Gasteiger partial charge is 0.330 e. The van der Waals surface area contributed by atoms with Crippen molar-refractivity contribution in [2.24, 2.45) is 5.92 Å². The van der Waals surface area contributed by atoms with E-state index >= 15 is 0 Å². The van der Waals surface area contributed by atoms with Crippen molar-refractivity contribution < 1.29 is 9.53 Å². The van der Waals surface area contributed by atoms with E-state index in [4.69, 9.17) is 4.74 Å². The molecule has 0 bridgehead atoms. The second-order valence-corrected chi connectivity index (χ2v) is 5.40. The molecule has 2 fully saturated rings. The minimum absolute atomic E-state index is 0.213. The number of carbonyl (C=O) groups is 1. The van der Waals surface area contributed by atoms with Gasteiger partial charge in [-0.25, -0.2) is 4.79 Å². The molecular formula is C15H25NO2. The molecule has 0 spiro atoms. The summed E-state index contributed by atoms with van der Waals surface area (Å²) < 4.78 is 4.89. The monoisotopic (exact) mass is 251 g/mol. The summed E-state index contributed by atoms with van der Waals surface area (Å²) in [6, 6.07) is 0.763. The molecule has 0 N–H and O–H groups in total. The van der Waals surface area contributed by atoms with Crippen LogP contribution in [0.15, 0.2) is 12.2 Å². The van der Waals surface area contributed by atoms with Crippen LogP contribution >= 0.6 is 0 Å². The van der Waals surface area contributed by atoms with Gasteiger partial charge >= 0.3 is 5.97 Å². The van der Waals surface area contributed by atoms with E-state index in [-0.39, 0.29) is 5.97 Å². The van der Waals surface area contributed by atoms with Crippen molar-refractivity contribution in [3.8, 4) is 0 Å². The fourth-order valence-electron chi connectivity index (χ4n) is 3.43. The lowest BCUT2D eigenvalue weighted by Crippen LogP contribution is -2.46. The van der Waals surface area contributed by atoms with Gasteiger partial charge in [0.15, 0.2) is 0 Å². The minimum Gasteiger partial charge on any atom is -0.463 e. The van der Waals surface area contributed by atoms with Crippen LogP contribution in [0.2, 0.25) is 0 Å². The van der Waals surface area contributed by atoms with E-state index in [0.717, 1.165) is 18.5 Å². The van der Waals surface area contributed by atoms with Gasteiger partial charge in [-0.15, -0.1) is 0 Å². The summed E-state index contributed by atoms with van der Waals surface area (Å²) in [4.78, 5) is 13.8. The predicted octanol–water partition coefficient (Wildman–Crippen LogP) is 2.76. The second kappa shape index (κ2) is 6.93. The average molecular weight is 251 g/mol. The van der Waals surface area contributed by atoms with Crippen LogP contribution in [0.4, 0.5) is 0 Å². The third-order valence-corrected chi connectivity index (χ3v) is 4.24. The van der Waals surface area contributed by atoms with E-state index in [2.05, 4.69) is 4.90 Å². The van der Waals surface area contributed by atoms with Gasteiger partial charge in [0.1, 0.15) is 0 Å². The summed E-state index contributed by atoms with van der Waals surface area (Å²) in [7, 11) is 0. The van der Waals surface area contributed by atoms with Crippen LogP contribution in [0.3, 0.4) is 0 Å². The Labute approximate surface area is 110 Å². The second-order valence-electron chi connectivity index (χ2n) is 5.40. The molecule has 1 heterocycles. The molecule has 0 aromatic carbocycles. The number of ether oxygens (including phenoxy) is 1. The summed E-state index contributed by atoms with van der Waals surface area (Å²) in [5, 5.41) is 0. The summed E-state index contributed by atoms with van der Waals surface area (Å²) in [5.74, 6) is 0.693. The predicted molar refractivity (Wildman–Crippen MR) is 72.3 cm³/mol. The number of nitrogens with zero attached hydrogens (tertiary/aromatic N) is 1. The zero-order chi connectivity index (χ0) is 12.8. The molecule has 102 valence electrons. The number of hydrogen-bond donors (Lipinski definition) is 0. The van der Waals surface area contributed by atoms with Gasteiger partial charge in [0.25, 0.3) is 0 Å². The highest BCUT2D eigenvalue weighted by Crippen LogP contribution is 2.34. The normalized spacial score (nSPS) is 29.2. The van der Waals surface area contributed by atoms with Gasteiger partial charge in [0.2, 0.25) is 0 Å². The molecule has 0 unspecified atom stereocenters. The Morgan fingerprint density at radius 2 is 2.06 bits per heavy atom. The summed E-state index contributed by atoms with van der Waals surface area (Å²) in [6.07, 6.45) is 11.8. The fraction of sp³-hybridized carbons (Fsp3) is 0.800. The molecule has 0 amide bonds. The maximum Gasteiger partial charge on any atom is 0.330 e. The Morgan fingerprint density at radius 1 is 1.28 bits per heavy atom. The number of esters is 1. The third kappa shape index (κ3) is 3.58. The van der Waals surface area contributed by atoms with Crippen molar-refractivity contribution >= 4 is 5.97 Å². The molecule has 0 aromatic heterocycles. The van der Waals surface area contributed by atoms with Gasteiger partial charge in [-0.05, 0) is 45.1 Å². The fourth-order valence-corrected chi connectivity index (χ4v) is 3.43. The largest absolute Gasteiger partial charge is 0.463 e. The number of rotatable bonds is 4. The Kier molecular flexibility index (Phi) is 5.24. The molecule has 0 aromatic rings. The highest BCUT2D eigenvalue weighted by Gasteiger charge is 2.32. The molecule has 2 atom stereocenters. The van der Waals surface area contributed by atoms with Crippen LogP contribution in [0.25, 0.3) is 0 Å². The molecule has 1 saturated carbocycles. The van der Waals surface area contributed by atoms with Gasteiger partial charge in [0.05, 0.1) is 6.61 Å². The van der Waals surface area contributed by atoms with E-state index in [1.165, 1.54) is 45.1 Å². The molecule has 1 saturated heterocycles. The average Bonchev–Trinajstić information content (AvgIpc) is 2.39. The van der Waals surface area contributed by atoms with Crippen molar-refractivity contribution in [2.45, 2.75) is 51.5 Å². The van der Waals surface area contributed by atoms with E-state index in [9.17, 15) is 4.79 Å². The van der Waals surface area contributed by atoms with E-state index < -0.39 is 0 Å². The van der Waals surface area contributed by atoms with Gasteiger partial charge in [-0.2, -0.15) is 0 Å². The summed E-state index contributed by atoms with van der Waals surface area (Å²) in [5.41, 5.74) is 0. The van der Waals surface area contributed by atoms with Gasteiger partial charge < -0.3 is 4.74 Å². The Hall–Kier alpha value is -0.830. The van der Waals surface area contributed by atoms with Crippen molar-refractivity contribution in [1.29, 1.82) is 0 Å². The SMILES string of the molecule is CCOC(=O)/C=C/CN1CCC[C@H]2CCCC[C@H]21. The number of likely N-dealkylation sites (tertiary alicyclic amines) is 1. The van der Waals surface area contributed by atoms with Crippen molar-refractivity contribution in [2.75, 3.05) is 19.7 Å². The molecule has 2 rings (SSSR count). The molecule has 1 aliphatic carbocycles. The molecule has 2 aliphatic rings. The zero-order valence-electron chi connectivity index (χ0n) is 11.4. The first-order valence-corrected chi connectivity index (χ1v) is 7.38. The highest BCUT2D eigenvalue weighted by molar-refractivity contribution is 5.81. The number of hydrogen-bond acceptors (Lipinski definition) is 3. The lowest BCUT2D eigenvalue weighted by molar-refractivity contribution is -0.137. The topological polar surface area (TPSA) is 29.5 Å². The first-order chi connectivity index (χ1) is 8.81. The maximum absolute atomic E-state index is 11.2. The number of piperidine rings is 1. The maximum atomic E-state index is 11.2. The van der Waals surface area contributed by atoms with Crippen LogP contribution in [-0.2, 0) is 9.53 Å². The van der Waals surface area contributed by atoms with E-state index in [1.807, 2.05) is 13.0 Å². The van der Waals surface area contributed by atoms with Crippen LogP contribution in [0.5, 0.6) is 0 Å². The summed E-state index contributed by atoms with van der Waals surface area (Å²) >= 11 is 0. The van der Waals surface area contributed by atoms with Crippen LogP contribution in [0, 0.1) is 5.92 Å². The molecular weight excluding hydrogens is 226 g/mol. The lowest BCUT2D eigenvalue weighted by Gasteiger charge is -2.43. The Balaban J connectivity index is 1.82. The quantitative estimate of drug-likeness (QED) is 0.568. The van der Waals surface area contributed by atoms with Crippen LogP contribution in [0.1, 0.15) is 45.4 Å². The van der Waals surface area contributed by atoms with Crippen molar-refractivity contribution in [3.05, 3.63) is 12.2 Å². The first kappa shape index (κ1) is 13.6. The van der Waals surface area contributed by atoms with Gasteiger partial charge in [-0.1, -0.05) is 18.9 Å². The molecule has 0 radical (unpaired) electrons. The van der Waals surface area contributed by atoms with Gasteiger partial charge in [0, 0.05) is 18.7 Å². The molecule has 3 nitrogen and oxygen atoms in total. The van der Waals surface area contributed by atoms with E-state index in [0.29, 0.717) is 6.61 Å². The Morgan fingerprint density at radius 3 is 2.89 bits per heavy atom. The van der Waals surface area contributed by atoms with Gasteiger partial charge in [-0.3, -0.25) is 4.90 Å². The number of fused-ring (bicyclic) bond motifs is 1. The molecule has 1 aliphatic heterocycles. The Bertz CT molecular complexity index is 299. The molecule has 3 heteroatoms.